The quantitative estimate of drug-likeness (QED) is 0.769. The van der Waals surface area contributed by atoms with Crippen LogP contribution in [0.25, 0.3) is 0 Å². The lowest BCUT2D eigenvalue weighted by Gasteiger charge is -2.53. The molecule has 0 saturated carbocycles. The molecule has 3 rings (SSSR count). The van der Waals surface area contributed by atoms with Crippen LogP contribution in [0.5, 0.6) is 0 Å². The summed E-state index contributed by atoms with van der Waals surface area (Å²) in [5.41, 5.74) is -2.24. The Kier molecular flexibility index (Phi) is 3.94. The van der Waals surface area contributed by atoms with Crippen LogP contribution in [-0.4, -0.2) is 34.7 Å². The summed E-state index contributed by atoms with van der Waals surface area (Å²) in [5.74, 6) is -0.770. The van der Waals surface area contributed by atoms with Gasteiger partial charge in [0.25, 0.3) is 5.91 Å². The second-order valence-electron chi connectivity index (χ2n) is 7.54. The van der Waals surface area contributed by atoms with Gasteiger partial charge in [0, 0.05) is 36.3 Å². The van der Waals surface area contributed by atoms with Gasteiger partial charge in [0.1, 0.15) is 6.07 Å². The van der Waals surface area contributed by atoms with E-state index in [1.54, 1.807) is 19.9 Å². The summed E-state index contributed by atoms with van der Waals surface area (Å²) in [6.07, 6.45) is -0.708. The summed E-state index contributed by atoms with van der Waals surface area (Å²) < 4.78 is 38.3. The van der Waals surface area contributed by atoms with Gasteiger partial charge in [-0.25, -0.2) is 0 Å². The number of carbonyl (C=O) groups is 2. The van der Waals surface area contributed by atoms with Crippen molar-refractivity contribution in [1.82, 2.24) is 9.88 Å². The molecular weight excluding hydrogens is 347 g/mol. The molecule has 136 valence electrons. The minimum absolute atomic E-state index is 0.0779. The fraction of sp³-hybridized carbons (Fsp3) is 0.444. The van der Waals surface area contributed by atoms with E-state index >= 15 is 0 Å². The van der Waals surface area contributed by atoms with Gasteiger partial charge in [-0.3, -0.25) is 14.6 Å². The van der Waals surface area contributed by atoms with Crippen molar-refractivity contribution in [3.63, 3.8) is 0 Å². The molecule has 0 unspecified atom stereocenters. The van der Waals surface area contributed by atoms with Crippen LogP contribution < -0.4 is 0 Å². The Labute approximate surface area is 148 Å². The lowest BCUT2D eigenvalue weighted by molar-refractivity contribution is -0.137. The minimum Gasteiger partial charge on any atom is -0.337 e. The third-order valence-electron chi connectivity index (χ3n) is 4.84. The van der Waals surface area contributed by atoms with E-state index in [1.807, 2.05) is 6.07 Å². The highest BCUT2D eigenvalue weighted by Crippen LogP contribution is 2.48. The average molecular weight is 363 g/mol. The molecule has 0 bridgehead atoms. The number of rotatable bonds is 1. The Morgan fingerprint density at radius 1 is 1.31 bits per heavy atom. The predicted molar refractivity (Wildman–Crippen MR) is 84.7 cm³/mol. The maximum absolute atomic E-state index is 12.8. The Morgan fingerprint density at radius 2 is 1.96 bits per heavy atom. The summed E-state index contributed by atoms with van der Waals surface area (Å²) in [6, 6.07) is 2.69. The second-order valence-corrected chi connectivity index (χ2v) is 7.54. The fourth-order valence-corrected chi connectivity index (χ4v) is 3.79. The molecule has 1 fully saturated rings. The van der Waals surface area contributed by atoms with Gasteiger partial charge in [-0.05, 0) is 12.5 Å². The van der Waals surface area contributed by atoms with Gasteiger partial charge in [0.15, 0.2) is 5.78 Å². The van der Waals surface area contributed by atoms with Gasteiger partial charge in [-0.15, -0.1) is 0 Å². The number of Topliss-reactive ketones (excluding diaryl/α,β-unsaturated/α-hetero) is 1. The standard InChI is InChI=1S/C18H16F3N3O2/c1-16(2)8-17(4-12(5-22)14(16)25)9-24(10-17)15(26)11-3-13(7-23-6-11)18(19,20)21/h3-4,6-7H,8-10H2,1-2H3. The van der Waals surface area contributed by atoms with Crippen LogP contribution >= 0.6 is 0 Å². The number of nitrogens with zero attached hydrogens (tertiary/aromatic N) is 3. The number of likely N-dealkylation sites (tertiary alicyclic amines) is 1. The summed E-state index contributed by atoms with van der Waals surface area (Å²) in [7, 11) is 0. The van der Waals surface area contributed by atoms with Crippen molar-refractivity contribution in [2.45, 2.75) is 26.4 Å². The highest BCUT2D eigenvalue weighted by Gasteiger charge is 2.52. The zero-order valence-electron chi connectivity index (χ0n) is 14.2. The van der Waals surface area contributed by atoms with Gasteiger partial charge in [-0.2, -0.15) is 18.4 Å². The number of alkyl halides is 3. The number of nitriles is 1. The molecule has 1 saturated heterocycles. The van der Waals surface area contributed by atoms with Crippen LogP contribution in [0.4, 0.5) is 13.2 Å². The van der Waals surface area contributed by atoms with Crippen LogP contribution in [0.3, 0.4) is 0 Å². The van der Waals surface area contributed by atoms with E-state index in [2.05, 4.69) is 4.98 Å². The first-order chi connectivity index (χ1) is 12.0. The zero-order valence-corrected chi connectivity index (χ0v) is 14.2. The lowest BCUT2D eigenvalue weighted by Crippen LogP contribution is -2.60. The maximum atomic E-state index is 12.8. The van der Waals surface area contributed by atoms with E-state index in [9.17, 15) is 28.0 Å². The lowest BCUT2D eigenvalue weighted by atomic mass is 9.61. The minimum atomic E-state index is -4.57. The molecule has 8 heteroatoms. The van der Waals surface area contributed by atoms with Gasteiger partial charge >= 0.3 is 6.18 Å². The number of pyridine rings is 1. The monoisotopic (exact) mass is 363 g/mol. The van der Waals surface area contributed by atoms with E-state index in [4.69, 9.17) is 0 Å². The number of carbonyl (C=O) groups excluding carboxylic acids is 2. The van der Waals surface area contributed by atoms with E-state index < -0.39 is 28.5 Å². The summed E-state index contributed by atoms with van der Waals surface area (Å²) >= 11 is 0. The molecule has 5 nitrogen and oxygen atoms in total. The largest absolute Gasteiger partial charge is 0.417 e. The Morgan fingerprint density at radius 3 is 2.54 bits per heavy atom. The smallest absolute Gasteiger partial charge is 0.337 e. The number of aromatic nitrogens is 1. The molecule has 1 amide bonds. The van der Waals surface area contributed by atoms with Crippen LogP contribution in [0.2, 0.25) is 0 Å². The summed E-state index contributed by atoms with van der Waals surface area (Å²) in [4.78, 5) is 29.6. The number of halogens is 3. The molecule has 0 atom stereocenters. The van der Waals surface area contributed by atoms with E-state index in [0.29, 0.717) is 12.6 Å². The van der Waals surface area contributed by atoms with Crippen LogP contribution in [0, 0.1) is 22.2 Å². The third kappa shape index (κ3) is 2.98. The van der Waals surface area contributed by atoms with Crippen molar-refractivity contribution < 1.29 is 22.8 Å². The number of allylic oxidation sites excluding steroid dienone is 1. The topological polar surface area (TPSA) is 74.1 Å². The highest BCUT2D eigenvalue weighted by molar-refractivity contribution is 6.04. The molecule has 1 aliphatic heterocycles. The van der Waals surface area contributed by atoms with Crippen LogP contribution in [0.15, 0.2) is 30.1 Å². The molecule has 2 aliphatic rings. The molecule has 0 N–H and O–H groups in total. The number of hydrogen-bond donors (Lipinski definition) is 0. The molecule has 1 spiro atoms. The van der Waals surface area contributed by atoms with Crippen molar-refractivity contribution >= 4 is 11.7 Å². The summed E-state index contributed by atoms with van der Waals surface area (Å²) in [6.45, 7) is 4.01. The van der Waals surface area contributed by atoms with Gasteiger partial charge in [0.2, 0.25) is 0 Å². The number of amides is 1. The second kappa shape index (κ2) is 5.66. The first-order valence-electron chi connectivity index (χ1n) is 7.97. The molecular formula is C18H16F3N3O2. The van der Waals surface area contributed by atoms with E-state index in [-0.39, 0.29) is 30.0 Å². The first kappa shape index (κ1) is 18.1. The normalized spacial score (nSPS) is 21.0. The van der Waals surface area contributed by atoms with Crippen LogP contribution in [0.1, 0.15) is 36.2 Å². The number of ketones is 1. The third-order valence-corrected chi connectivity index (χ3v) is 4.84. The van der Waals surface area contributed by atoms with Crippen molar-refractivity contribution in [2.24, 2.45) is 10.8 Å². The molecule has 1 aromatic rings. The highest BCUT2D eigenvalue weighted by atomic mass is 19.4. The average Bonchev–Trinajstić information content (AvgIpc) is 2.53. The first-order valence-corrected chi connectivity index (χ1v) is 7.97. The Bertz CT molecular complexity index is 859. The van der Waals surface area contributed by atoms with E-state index in [1.165, 1.54) is 4.90 Å². The molecule has 1 aromatic heterocycles. The molecule has 0 radical (unpaired) electrons. The zero-order chi connectivity index (χ0) is 19.3. The van der Waals surface area contributed by atoms with Gasteiger partial charge < -0.3 is 4.90 Å². The van der Waals surface area contributed by atoms with Crippen molar-refractivity contribution in [3.8, 4) is 6.07 Å². The SMILES string of the molecule is CC1(C)CC2(C=C(C#N)C1=O)CN(C(=O)c1cncc(C(F)(F)F)c1)C2. The van der Waals surface area contributed by atoms with Gasteiger partial charge in [0.05, 0.1) is 16.7 Å². The Balaban J connectivity index is 1.80. The summed E-state index contributed by atoms with van der Waals surface area (Å²) in [5, 5.41) is 9.17. The van der Waals surface area contributed by atoms with E-state index in [0.717, 1.165) is 12.3 Å². The predicted octanol–water partition coefficient (Wildman–Crippen LogP) is 2.99. The molecule has 0 aromatic carbocycles. The maximum Gasteiger partial charge on any atom is 0.417 e. The van der Waals surface area contributed by atoms with Gasteiger partial charge in [-0.1, -0.05) is 19.9 Å². The van der Waals surface area contributed by atoms with Crippen molar-refractivity contribution in [2.75, 3.05) is 13.1 Å². The fourth-order valence-electron chi connectivity index (χ4n) is 3.79. The van der Waals surface area contributed by atoms with Crippen molar-refractivity contribution in [3.05, 3.63) is 41.2 Å². The van der Waals surface area contributed by atoms with Crippen LogP contribution in [-0.2, 0) is 11.0 Å². The molecule has 2 heterocycles. The number of hydrogen-bond acceptors (Lipinski definition) is 4. The molecule has 26 heavy (non-hydrogen) atoms. The molecule has 1 aliphatic carbocycles. The van der Waals surface area contributed by atoms with Crippen molar-refractivity contribution in [1.29, 1.82) is 5.26 Å². The Hall–Kier alpha value is -2.69.